The molecule has 0 saturated carbocycles. The standard InChI is InChI=1S/C31H29BrF3N7O2/c1-17(2)11-21-14-37-42-27-16-40(29(43)20-7-10-25(32)24(13-20)31(33,34)35)18(3)12-23(27)30(44)41(28(21)42)22-8-5-19(6-9-22)26-15-36-38-39(26)4/h5-10,13-15,17-18H,11-12,16H2,1-4H3. The number of hydrogen-bond donors (Lipinski definition) is 0. The predicted molar refractivity (Wildman–Crippen MR) is 162 cm³/mol. The summed E-state index contributed by atoms with van der Waals surface area (Å²) in [5.74, 6) is -0.270. The van der Waals surface area contributed by atoms with E-state index in [1.165, 1.54) is 17.0 Å². The fourth-order valence-electron chi connectivity index (χ4n) is 5.85. The third kappa shape index (κ3) is 5.12. The quantitative estimate of drug-likeness (QED) is 0.235. The van der Waals surface area contributed by atoms with E-state index in [4.69, 9.17) is 0 Å². The van der Waals surface area contributed by atoms with Crippen LogP contribution >= 0.6 is 15.9 Å². The van der Waals surface area contributed by atoms with Gasteiger partial charge in [-0.3, -0.25) is 14.2 Å². The highest BCUT2D eigenvalue weighted by Crippen LogP contribution is 2.36. The van der Waals surface area contributed by atoms with E-state index in [9.17, 15) is 22.8 Å². The van der Waals surface area contributed by atoms with Crippen LogP contribution in [0.5, 0.6) is 0 Å². The summed E-state index contributed by atoms with van der Waals surface area (Å²) in [7, 11) is 1.80. The van der Waals surface area contributed by atoms with Gasteiger partial charge in [-0.2, -0.15) is 18.3 Å². The van der Waals surface area contributed by atoms with Crippen LogP contribution in [0, 0.1) is 5.92 Å². The molecule has 5 aromatic rings. The monoisotopic (exact) mass is 667 g/mol. The molecule has 0 spiro atoms. The minimum atomic E-state index is -4.62. The van der Waals surface area contributed by atoms with Crippen molar-refractivity contribution in [3.05, 3.63) is 97.6 Å². The molecular formula is C31H29BrF3N7O2. The average Bonchev–Trinajstić information content (AvgIpc) is 3.58. The number of aromatic nitrogens is 6. The molecule has 2 aromatic carbocycles. The number of nitrogens with zero attached hydrogens (tertiary/aromatic N) is 7. The maximum atomic E-state index is 14.3. The summed E-state index contributed by atoms with van der Waals surface area (Å²) in [4.78, 5) is 29.4. The van der Waals surface area contributed by atoms with Gasteiger partial charge in [0.05, 0.1) is 41.6 Å². The van der Waals surface area contributed by atoms with E-state index in [-0.39, 0.29) is 34.5 Å². The van der Waals surface area contributed by atoms with Gasteiger partial charge in [-0.25, -0.2) is 9.20 Å². The molecule has 1 atom stereocenters. The van der Waals surface area contributed by atoms with Gasteiger partial charge >= 0.3 is 6.18 Å². The summed E-state index contributed by atoms with van der Waals surface area (Å²) < 4.78 is 45.7. The summed E-state index contributed by atoms with van der Waals surface area (Å²) >= 11 is 2.94. The first kappa shape index (κ1) is 29.8. The molecule has 3 aromatic heterocycles. The van der Waals surface area contributed by atoms with Gasteiger partial charge in [-0.15, -0.1) is 5.10 Å². The van der Waals surface area contributed by atoms with E-state index < -0.39 is 23.7 Å². The Kier molecular flexibility index (Phi) is 7.47. The molecule has 13 heteroatoms. The second-order valence-electron chi connectivity index (χ2n) is 11.5. The van der Waals surface area contributed by atoms with Crippen LogP contribution in [0.1, 0.15) is 53.5 Å². The number of amides is 1. The van der Waals surface area contributed by atoms with Gasteiger partial charge in [0.25, 0.3) is 11.5 Å². The Morgan fingerprint density at radius 2 is 1.84 bits per heavy atom. The molecule has 1 aliphatic rings. The Balaban J connectivity index is 1.46. The predicted octanol–water partition coefficient (Wildman–Crippen LogP) is 5.85. The van der Waals surface area contributed by atoms with E-state index in [0.29, 0.717) is 29.0 Å². The number of alkyl halides is 3. The normalized spacial score (nSPS) is 15.3. The third-order valence-electron chi connectivity index (χ3n) is 7.99. The van der Waals surface area contributed by atoms with E-state index in [2.05, 4.69) is 45.2 Å². The highest BCUT2D eigenvalue weighted by molar-refractivity contribution is 9.10. The molecule has 0 radical (unpaired) electrons. The highest BCUT2D eigenvalue weighted by Gasteiger charge is 2.36. The first-order valence-electron chi connectivity index (χ1n) is 14.1. The Morgan fingerprint density at radius 3 is 2.48 bits per heavy atom. The van der Waals surface area contributed by atoms with Crippen molar-refractivity contribution in [2.45, 2.75) is 52.4 Å². The van der Waals surface area contributed by atoms with Gasteiger partial charge in [-0.1, -0.05) is 47.1 Å². The average molecular weight is 669 g/mol. The van der Waals surface area contributed by atoms with Crippen LogP contribution in [-0.4, -0.2) is 46.0 Å². The van der Waals surface area contributed by atoms with Gasteiger partial charge in [0, 0.05) is 39.8 Å². The zero-order valence-electron chi connectivity index (χ0n) is 24.4. The van der Waals surface area contributed by atoms with Crippen molar-refractivity contribution >= 4 is 27.5 Å². The zero-order chi connectivity index (χ0) is 31.5. The second kappa shape index (κ2) is 11.0. The summed E-state index contributed by atoms with van der Waals surface area (Å²) in [5.41, 5.74) is 3.71. The van der Waals surface area contributed by atoms with Gasteiger partial charge in [0.15, 0.2) is 0 Å². The van der Waals surface area contributed by atoms with Crippen LogP contribution in [0.2, 0.25) is 0 Å². The molecule has 0 bridgehead atoms. The van der Waals surface area contributed by atoms with Crippen LogP contribution in [-0.2, 0) is 32.6 Å². The number of halogens is 4. The van der Waals surface area contributed by atoms with Crippen LogP contribution in [0.4, 0.5) is 13.2 Å². The molecule has 1 amide bonds. The molecule has 0 saturated heterocycles. The highest BCUT2D eigenvalue weighted by atomic mass is 79.9. The van der Waals surface area contributed by atoms with Crippen molar-refractivity contribution in [1.82, 2.24) is 34.1 Å². The number of hydrogen-bond acceptors (Lipinski definition) is 5. The summed E-state index contributed by atoms with van der Waals surface area (Å²) in [6, 6.07) is 10.6. The van der Waals surface area contributed by atoms with E-state index in [1.807, 2.05) is 24.3 Å². The molecule has 44 heavy (non-hydrogen) atoms. The lowest BCUT2D eigenvalue weighted by Crippen LogP contribution is -2.46. The number of benzene rings is 2. The molecular weight excluding hydrogens is 639 g/mol. The summed E-state index contributed by atoms with van der Waals surface area (Å²) in [6.07, 6.45) is -0.325. The first-order valence-corrected chi connectivity index (χ1v) is 14.9. The number of rotatable bonds is 5. The zero-order valence-corrected chi connectivity index (χ0v) is 26.0. The second-order valence-corrected chi connectivity index (χ2v) is 12.4. The van der Waals surface area contributed by atoms with Gasteiger partial charge in [0.1, 0.15) is 5.65 Å². The van der Waals surface area contributed by atoms with E-state index >= 15 is 0 Å². The first-order chi connectivity index (χ1) is 20.8. The van der Waals surface area contributed by atoms with E-state index in [0.717, 1.165) is 22.9 Å². The number of carbonyl (C=O) groups is 1. The van der Waals surface area contributed by atoms with Crippen molar-refractivity contribution < 1.29 is 18.0 Å². The Bertz CT molecular complexity index is 1960. The molecule has 1 aliphatic heterocycles. The van der Waals surface area contributed by atoms with Crippen LogP contribution < -0.4 is 5.56 Å². The van der Waals surface area contributed by atoms with Crippen molar-refractivity contribution in [3.63, 3.8) is 0 Å². The maximum absolute atomic E-state index is 14.3. The van der Waals surface area contributed by atoms with Gasteiger partial charge in [-0.05, 0) is 56.0 Å². The SMILES string of the molecule is CC(C)Cc1cnn2c3c(c(=O)n(-c4ccc(-c5cnnn5C)cc4)c12)CC(C)N(C(=O)c1ccc(Br)c(C(F)(F)F)c1)C3. The molecule has 6 rings (SSSR count). The van der Waals surface area contributed by atoms with Crippen LogP contribution in [0.3, 0.4) is 0 Å². The molecule has 1 unspecified atom stereocenters. The lowest BCUT2D eigenvalue weighted by molar-refractivity contribution is -0.138. The number of fused-ring (bicyclic) bond motifs is 3. The third-order valence-corrected chi connectivity index (χ3v) is 8.68. The topological polar surface area (TPSA) is 90.3 Å². The summed E-state index contributed by atoms with van der Waals surface area (Å²) in [6.45, 7) is 5.98. The Morgan fingerprint density at radius 1 is 1.11 bits per heavy atom. The minimum Gasteiger partial charge on any atom is -0.330 e. The van der Waals surface area contributed by atoms with Crippen molar-refractivity contribution in [1.29, 1.82) is 0 Å². The molecule has 0 N–H and O–H groups in total. The molecule has 228 valence electrons. The molecule has 9 nitrogen and oxygen atoms in total. The smallest absolute Gasteiger partial charge is 0.330 e. The lowest BCUT2D eigenvalue weighted by atomic mass is 9.97. The van der Waals surface area contributed by atoms with E-state index in [1.54, 1.807) is 40.1 Å². The number of aryl methyl sites for hydroxylation is 1. The lowest BCUT2D eigenvalue weighted by Gasteiger charge is -2.35. The van der Waals surface area contributed by atoms with Crippen LogP contribution in [0.15, 0.2) is 64.1 Å². The van der Waals surface area contributed by atoms with Crippen LogP contribution in [0.25, 0.3) is 22.6 Å². The number of carbonyl (C=O) groups excluding carboxylic acids is 1. The maximum Gasteiger partial charge on any atom is 0.417 e. The fraction of sp³-hybridized carbons (Fsp3) is 0.323. The largest absolute Gasteiger partial charge is 0.417 e. The molecule has 4 heterocycles. The van der Waals surface area contributed by atoms with Crippen molar-refractivity contribution in [2.75, 3.05) is 0 Å². The van der Waals surface area contributed by atoms with Crippen molar-refractivity contribution in [3.8, 4) is 16.9 Å². The Hall–Kier alpha value is -4.26. The molecule has 0 fully saturated rings. The Labute approximate surface area is 259 Å². The molecule has 0 aliphatic carbocycles. The minimum absolute atomic E-state index is 0.0224. The van der Waals surface area contributed by atoms with Gasteiger partial charge in [0.2, 0.25) is 0 Å². The van der Waals surface area contributed by atoms with Gasteiger partial charge < -0.3 is 4.90 Å². The van der Waals surface area contributed by atoms with Crippen molar-refractivity contribution in [2.24, 2.45) is 13.0 Å². The summed E-state index contributed by atoms with van der Waals surface area (Å²) in [5, 5.41) is 12.6. The fourth-order valence-corrected chi connectivity index (χ4v) is 6.32.